The van der Waals surface area contributed by atoms with Crippen LogP contribution in [0.15, 0.2) is 23.6 Å². The lowest BCUT2D eigenvalue weighted by atomic mass is 10.4. The number of nitrogens with zero attached hydrogens (tertiary/aromatic N) is 5. The average molecular weight is 284 g/mol. The minimum absolute atomic E-state index is 0.0927. The van der Waals surface area contributed by atoms with Crippen molar-refractivity contribution >= 4 is 10.0 Å². The first-order chi connectivity index (χ1) is 8.90. The third-order valence-electron chi connectivity index (χ3n) is 2.62. The summed E-state index contributed by atoms with van der Waals surface area (Å²) in [6, 6.07) is 0.174. The Morgan fingerprint density at radius 1 is 1.42 bits per heavy atom. The largest absolute Gasteiger partial charge is 0.314 e. The van der Waals surface area contributed by atoms with E-state index in [0.29, 0.717) is 5.82 Å². The molecule has 0 aliphatic rings. The van der Waals surface area contributed by atoms with Gasteiger partial charge in [0, 0.05) is 19.3 Å². The molecule has 0 aliphatic heterocycles. The van der Waals surface area contributed by atoms with Gasteiger partial charge in [-0.15, -0.1) is 10.2 Å². The molecule has 104 valence electrons. The summed E-state index contributed by atoms with van der Waals surface area (Å²) in [5.74, 6) is 0.572. The predicted molar refractivity (Wildman–Crippen MR) is 67.6 cm³/mol. The number of aryl methyl sites for hydroxylation is 1. The summed E-state index contributed by atoms with van der Waals surface area (Å²) in [5, 5.41) is 11.5. The summed E-state index contributed by atoms with van der Waals surface area (Å²) in [5.41, 5.74) is 0. The third kappa shape index (κ3) is 2.99. The topological polar surface area (TPSA) is 94.7 Å². The van der Waals surface area contributed by atoms with Crippen LogP contribution in [0.25, 0.3) is 0 Å². The van der Waals surface area contributed by atoms with Gasteiger partial charge >= 0.3 is 0 Å². The van der Waals surface area contributed by atoms with Gasteiger partial charge in [-0.3, -0.25) is 4.68 Å². The van der Waals surface area contributed by atoms with E-state index >= 15 is 0 Å². The van der Waals surface area contributed by atoms with Gasteiger partial charge in [0.15, 0.2) is 0 Å². The van der Waals surface area contributed by atoms with E-state index in [0.717, 1.165) is 0 Å². The molecule has 9 heteroatoms. The van der Waals surface area contributed by atoms with Gasteiger partial charge in [0.25, 0.3) is 0 Å². The lowest BCUT2D eigenvalue weighted by Gasteiger charge is -2.10. The van der Waals surface area contributed by atoms with Crippen LogP contribution in [0, 0.1) is 0 Å². The second kappa shape index (κ2) is 5.10. The third-order valence-corrected chi connectivity index (χ3v) is 3.97. The molecule has 2 aromatic heterocycles. The molecule has 0 bridgehead atoms. The first-order valence-electron chi connectivity index (χ1n) is 5.77. The summed E-state index contributed by atoms with van der Waals surface area (Å²) in [4.78, 5) is 0.130. The highest BCUT2D eigenvalue weighted by Crippen LogP contribution is 2.09. The lowest BCUT2D eigenvalue weighted by molar-refractivity contribution is 0.549. The van der Waals surface area contributed by atoms with Crippen molar-refractivity contribution in [2.45, 2.75) is 31.3 Å². The molecule has 1 N–H and O–H groups in total. The summed E-state index contributed by atoms with van der Waals surface area (Å²) in [7, 11) is -1.91. The van der Waals surface area contributed by atoms with Crippen LogP contribution in [0.1, 0.15) is 25.7 Å². The van der Waals surface area contributed by atoms with Crippen molar-refractivity contribution in [1.82, 2.24) is 29.3 Å². The molecule has 19 heavy (non-hydrogen) atoms. The molecule has 0 saturated heterocycles. The Morgan fingerprint density at radius 2 is 2.16 bits per heavy atom. The molecule has 0 radical (unpaired) electrons. The molecule has 0 amide bonds. The zero-order valence-electron chi connectivity index (χ0n) is 11.0. The van der Waals surface area contributed by atoms with Crippen molar-refractivity contribution in [2.24, 2.45) is 7.05 Å². The van der Waals surface area contributed by atoms with Crippen LogP contribution in [0.2, 0.25) is 0 Å². The van der Waals surface area contributed by atoms with E-state index in [1.54, 1.807) is 13.4 Å². The molecule has 0 saturated carbocycles. The molecule has 0 fully saturated rings. The summed E-state index contributed by atoms with van der Waals surface area (Å²) in [6.45, 7) is 4.04. The van der Waals surface area contributed by atoms with E-state index < -0.39 is 10.0 Å². The molecule has 0 spiro atoms. The van der Waals surface area contributed by atoms with Gasteiger partial charge in [0.1, 0.15) is 17.0 Å². The number of hydrogen-bond donors (Lipinski definition) is 1. The monoisotopic (exact) mass is 284 g/mol. The standard InChI is InChI=1S/C10H16N6O2S/c1-8(2)16-7-11-14-10(16)5-13-19(17,18)9-4-12-15(3)6-9/h4,6-8,13H,5H2,1-3H3. The Kier molecular flexibility index (Phi) is 3.67. The molecule has 0 aliphatic carbocycles. The van der Waals surface area contributed by atoms with E-state index in [-0.39, 0.29) is 17.5 Å². The minimum atomic E-state index is -3.57. The van der Waals surface area contributed by atoms with Crippen LogP contribution in [-0.4, -0.2) is 33.0 Å². The number of sulfonamides is 1. The van der Waals surface area contributed by atoms with Gasteiger partial charge in [-0.2, -0.15) is 5.10 Å². The number of rotatable bonds is 5. The molecular formula is C10H16N6O2S. The predicted octanol–water partition coefficient (Wildman–Crippen LogP) is 0.0710. The van der Waals surface area contributed by atoms with Crippen molar-refractivity contribution in [3.8, 4) is 0 Å². The fourth-order valence-corrected chi connectivity index (χ4v) is 2.57. The van der Waals surface area contributed by atoms with Gasteiger partial charge in [0.2, 0.25) is 10.0 Å². The summed E-state index contributed by atoms with van der Waals surface area (Å²) < 4.78 is 29.7. The van der Waals surface area contributed by atoms with Gasteiger partial charge in [-0.25, -0.2) is 13.1 Å². The zero-order chi connectivity index (χ0) is 14.0. The van der Waals surface area contributed by atoms with Crippen LogP contribution in [0.5, 0.6) is 0 Å². The molecule has 0 atom stereocenters. The zero-order valence-corrected chi connectivity index (χ0v) is 11.8. The Labute approximate surface area is 111 Å². The first-order valence-corrected chi connectivity index (χ1v) is 7.25. The molecule has 2 aromatic rings. The minimum Gasteiger partial charge on any atom is -0.314 e. The highest BCUT2D eigenvalue weighted by Gasteiger charge is 2.17. The highest BCUT2D eigenvalue weighted by molar-refractivity contribution is 7.89. The highest BCUT2D eigenvalue weighted by atomic mass is 32.2. The maximum atomic E-state index is 12.0. The Bertz CT molecular complexity index is 657. The average Bonchev–Trinajstić information content (AvgIpc) is 2.94. The van der Waals surface area contributed by atoms with Crippen LogP contribution in [-0.2, 0) is 23.6 Å². The number of nitrogens with one attached hydrogen (secondary N) is 1. The number of aromatic nitrogens is 5. The smallest absolute Gasteiger partial charge is 0.244 e. The van der Waals surface area contributed by atoms with E-state index in [1.165, 1.54) is 17.1 Å². The van der Waals surface area contributed by atoms with Crippen LogP contribution < -0.4 is 4.72 Å². The Morgan fingerprint density at radius 3 is 2.74 bits per heavy atom. The SMILES string of the molecule is CC(C)n1cnnc1CNS(=O)(=O)c1cnn(C)c1. The summed E-state index contributed by atoms with van der Waals surface area (Å²) >= 11 is 0. The second-order valence-electron chi connectivity index (χ2n) is 4.42. The molecule has 2 heterocycles. The van der Waals surface area contributed by atoms with Crippen LogP contribution in [0.3, 0.4) is 0 Å². The van der Waals surface area contributed by atoms with E-state index in [4.69, 9.17) is 0 Å². The maximum Gasteiger partial charge on any atom is 0.244 e. The lowest BCUT2D eigenvalue weighted by Crippen LogP contribution is -2.25. The van der Waals surface area contributed by atoms with Crippen LogP contribution >= 0.6 is 0 Å². The fourth-order valence-electron chi connectivity index (χ4n) is 1.60. The van der Waals surface area contributed by atoms with E-state index in [1.807, 2.05) is 18.4 Å². The molecule has 0 unspecified atom stereocenters. The van der Waals surface area contributed by atoms with E-state index in [9.17, 15) is 8.42 Å². The van der Waals surface area contributed by atoms with Gasteiger partial charge in [-0.1, -0.05) is 0 Å². The van der Waals surface area contributed by atoms with Crippen molar-refractivity contribution in [3.05, 3.63) is 24.5 Å². The fraction of sp³-hybridized carbons (Fsp3) is 0.500. The summed E-state index contributed by atoms with van der Waals surface area (Å²) in [6.07, 6.45) is 4.32. The van der Waals surface area contributed by atoms with Gasteiger partial charge < -0.3 is 4.57 Å². The van der Waals surface area contributed by atoms with E-state index in [2.05, 4.69) is 20.0 Å². The molecule has 2 rings (SSSR count). The van der Waals surface area contributed by atoms with Crippen molar-refractivity contribution in [2.75, 3.05) is 0 Å². The molecular weight excluding hydrogens is 268 g/mol. The van der Waals surface area contributed by atoms with Crippen molar-refractivity contribution in [1.29, 1.82) is 0 Å². The Balaban J connectivity index is 2.12. The van der Waals surface area contributed by atoms with Gasteiger partial charge in [-0.05, 0) is 13.8 Å². The molecule has 8 nitrogen and oxygen atoms in total. The normalized spacial score (nSPS) is 12.2. The van der Waals surface area contributed by atoms with Crippen molar-refractivity contribution < 1.29 is 8.42 Å². The number of hydrogen-bond acceptors (Lipinski definition) is 5. The maximum absolute atomic E-state index is 12.0. The molecule has 0 aromatic carbocycles. The quantitative estimate of drug-likeness (QED) is 0.838. The first kappa shape index (κ1) is 13.7. The second-order valence-corrected chi connectivity index (χ2v) is 6.19. The Hall–Kier alpha value is -1.74. The van der Waals surface area contributed by atoms with Gasteiger partial charge in [0.05, 0.1) is 12.7 Å². The van der Waals surface area contributed by atoms with Crippen molar-refractivity contribution in [3.63, 3.8) is 0 Å². The van der Waals surface area contributed by atoms with Crippen LogP contribution in [0.4, 0.5) is 0 Å².